The van der Waals surface area contributed by atoms with Crippen molar-refractivity contribution < 1.29 is 14.6 Å². The van der Waals surface area contributed by atoms with Crippen molar-refractivity contribution in [3.8, 4) is 11.5 Å². The number of aliphatic hydroxyl groups is 1. The zero-order valence-corrected chi connectivity index (χ0v) is 16.7. The maximum atomic E-state index is 11.0. The van der Waals surface area contributed by atoms with Gasteiger partial charge in [0.15, 0.2) is 0 Å². The van der Waals surface area contributed by atoms with Crippen molar-refractivity contribution in [1.82, 2.24) is 4.90 Å². The molecule has 0 saturated carbocycles. The van der Waals surface area contributed by atoms with Gasteiger partial charge in [0.2, 0.25) is 0 Å². The number of hydrogen-bond acceptors (Lipinski definition) is 4. The Labute approximate surface area is 166 Å². The lowest BCUT2D eigenvalue weighted by Gasteiger charge is -2.22. The maximum Gasteiger partial charge on any atom is 0.132 e. The van der Waals surface area contributed by atoms with Crippen molar-refractivity contribution in [3.05, 3.63) is 65.4 Å². The maximum absolute atomic E-state index is 11.0. The highest BCUT2D eigenvalue weighted by atomic mass is 16.5. The van der Waals surface area contributed by atoms with E-state index in [-0.39, 0.29) is 17.6 Å². The van der Waals surface area contributed by atoms with Crippen LogP contribution < -0.4 is 9.47 Å². The minimum Gasteiger partial charge on any atom is -0.509 e. The van der Waals surface area contributed by atoms with Crippen LogP contribution in [0.2, 0.25) is 0 Å². The molecule has 1 aliphatic rings. The van der Waals surface area contributed by atoms with Gasteiger partial charge in [0.05, 0.1) is 18.8 Å². The van der Waals surface area contributed by atoms with Crippen molar-refractivity contribution in [2.45, 2.75) is 32.7 Å². The monoisotopic (exact) mass is 380 g/mol. The zero-order valence-electron chi connectivity index (χ0n) is 16.7. The van der Waals surface area contributed by atoms with E-state index >= 15 is 0 Å². The summed E-state index contributed by atoms with van der Waals surface area (Å²) in [7, 11) is 1.83. The van der Waals surface area contributed by atoms with Gasteiger partial charge in [-0.15, -0.1) is 0 Å². The highest BCUT2D eigenvalue weighted by molar-refractivity contribution is 6.24. The summed E-state index contributed by atoms with van der Waals surface area (Å²) >= 11 is 0. The largest absolute Gasteiger partial charge is 0.509 e. The third-order valence-corrected chi connectivity index (χ3v) is 4.72. The quantitative estimate of drug-likeness (QED) is 0.661. The average Bonchev–Trinajstić information content (AvgIpc) is 2.93. The molecule has 2 N–H and O–H groups in total. The molecule has 2 aromatic rings. The number of nitrogens with zero attached hydrogens (tertiary/aromatic N) is 1. The summed E-state index contributed by atoms with van der Waals surface area (Å²) in [6, 6.07) is 15.0. The topological polar surface area (TPSA) is 65.8 Å². The lowest BCUT2D eigenvalue weighted by molar-refractivity contribution is 0.301. The highest BCUT2D eigenvalue weighted by Crippen LogP contribution is 2.41. The summed E-state index contributed by atoms with van der Waals surface area (Å²) in [5.41, 5.74) is 2.19. The number of benzene rings is 2. The van der Waals surface area contributed by atoms with Gasteiger partial charge in [-0.2, -0.15) is 0 Å². The van der Waals surface area contributed by atoms with Crippen LogP contribution in [0.5, 0.6) is 11.5 Å². The van der Waals surface area contributed by atoms with Gasteiger partial charge in [0.25, 0.3) is 0 Å². The molecule has 0 fully saturated rings. The van der Waals surface area contributed by atoms with Gasteiger partial charge >= 0.3 is 0 Å². The predicted octanol–water partition coefficient (Wildman–Crippen LogP) is 5.20. The predicted molar refractivity (Wildman–Crippen MR) is 112 cm³/mol. The first-order chi connectivity index (χ1) is 13.6. The van der Waals surface area contributed by atoms with Gasteiger partial charge in [0, 0.05) is 13.1 Å². The van der Waals surface area contributed by atoms with E-state index in [0.29, 0.717) is 30.3 Å². The van der Waals surface area contributed by atoms with E-state index in [4.69, 9.17) is 14.9 Å². The molecule has 0 spiro atoms. The molecule has 1 aliphatic heterocycles. The lowest BCUT2D eigenvalue weighted by Crippen LogP contribution is -2.25. The molecule has 5 heteroatoms. The molecule has 0 aliphatic carbocycles. The molecule has 2 aromatic carbocycles. The smallest absolute Gasteiger partial charge is 0.132 e. The van der Waals surface area contributed by atoms with E-state index in [2.05, 4.69) is 13.8 Å². The Morgan fingerprint density at radius 1 is 0.964 bits per heavy atom. The van der Waals surface area contributed by atoms with Crippen LogP contribution in [0.4, 0.5) is 0 Å². The molecule has 0 amide bonds. The normalized spacial score (nSPS) is 16.6. The van der Waals surface area contributed by atoms with Crippen molar-refractivity contribution in [1.29, 1.82) is 5.41 Å². The lowest BCUT2D eigenvalue weighted by atomic mass is 10.0. The highest BCUT2D eigenvalue weighted by Gasteiger charge is 2.36. The molecular weight excluding hydrogens is 352 g/mol. The van der Waals surface area contributed by atoms with Gasteiger partial charge in [0.1, 0.15) is 29.1 Å². The number of ether oxygens (including phenoxy) is 2. The standard InChI is InChI=1S/C23H28N2O3/c1-4-11-27-18-13-17(14-19(15-18)28-12-5-2)20-22(26)21(25(3)23(20)24)16-9-7-6-8-10-16/h6-10,13-15,21,24,26H,4-5,11-12H2,1-3H3. The average molecular weight is 380 g/mol. The summed E-state index contributed by atoms with van der Waals surface area (Å²) in [6.45, 7) is 5.31. The zero-order chi connectivity index (χ0) is 20.1. The molecule has 0 aromatic heterocycles. The van der Waals surface area contributed by atoms with Crippen LogP contribution in [-0.4, -0.2) is 36.1 Å². The molecule has 1 unspecified atom stereocenters. The Kier molecular flexibility index (Phi) is 6.24. The number of likely N-dealkylation sites (N-methyl/N-ethyl adjacent to an activating group) is 1. The third-order valence-electron chi connectivity index (χ3n) is 4.72. The van der Waals surface area contributed by atoms with Crippen molar-refractivity contribution in [2.24, 2.45) is 0 Å². The van der Waals surface area contributed by atoms with Gasteiger partial charge in [-0.3, -0.25) is 5.41 Å². The van der Waals surface area contributed by atoms with Crippen LogP contribution in [0.15, 0.2) is 54.3 Å². The van der Waals surface area contributed by atoms with Crippen LogP contribution >= 0.6 is 0 Å². The van der Waals surface area contributed by atoms with Crippen LogP contribution in [0.1, 0.15) is 43.9 Å². The van der Waals surface area contributed by atoms with E-state index < -0.39 is 0 Å². The summed E-state index contributed by atoms with van der Waals surface area (Å²) in [6.07, 6.45) is 1.80. The van der Waals surface area contributed by atoms with Crippen LogP contribution in [-0.2, 0) is 0 Å². The number of rotatable bonds is 8. The molecule has 28 heavy (non-hydrogen) atoms. The van der Waals surface area contributed by atoms with Crippen LogP contribution in [0, 0.1) is 5.41 Å². The fourth-order valence-corrected chi connectivity index (χ4v) is 3.37. The number of hydrogen-bond donors (Lipinski definition) is 2. The Balaban J connectivity index is 2.04. The van der Waals surface area contributed by atoms with Gasteiger partial charge < -0.3 is 19.5 Å². The molecule has 5 nitrogen and oxygen atoms in total. The second-order valence-electron chi connectivity index (χ2n) is 6.92. The second-order valence-corrected chi connectivity index (χ2v) is 6.92. The molecule has 1 atom stereocenters. The Bertz CT molecular complexity index is 835. The van der Waals surface area contributed by atoms with Gasteiger partial charge in [-0.05, 0) is 36.1 Å². The molecule has 1 heterocycles. The fraction of sp³-hybridized carbons (Fsp3) is 0.348. The fourth-order valence-electron chi connectivity index (χ4n) is 3.37. The van der Waals surface area contributed by atoms with Gasteiger partial charge in [-0.25, -0.2) is 0 Å². The minimum absolute atomic E-state index is 0.174. The van der Waals surface area contributed by atoms with Crippen molar-refractivity contribution in [3.63, 3.8) is 0 Å². The summed E-state index contributed by atoms with van der Waals surface area (Å²) in [4.78, 5) is 1.78. The van der Waals surface area contributed by atoms with Crippen molar-refractivity contribution in [2.75, 3.05) is 20.3 Å². The third kappa shape index (κ3) is 3.98. The SMILES string of the molecule is CCCOc1cc(OCCC)cc(C2=C(O)C(c3ccccc3)N(C)C2=N)c1. The van der Waals surface area contributed by atoms with E-state index in [9.17, 15) is 5.11 Å². The van der Waals surface area contributed by atoms with Gasteiger partial charge in [-0.1, -0.05) is 44.2 Å². The van der Waals surface area contributed by atoms with E-state index in [1.54, 1.807) is 4.90 Å². The Hall–Kier alpha value is -2.95. The van der Waals surface area contributed by atoms with E-state index in [0.717, 1.165) is 24.0 Å². The van der Waals surface area contributed by atoms with E-state index in [1.807, 2.05) is 55.6 Å². The minimum atomic E-state index is -0.371. The first kappa shape index (κ1) is 19.8. The number of amidine groups is 1. The summed E-state index contributed by atoms with van der Waals surface area (Å²) < 4.78 is 11.6. The Morgan fingerprint density at radius 2 is 1.54 bits per heavy atom. The first-order valence-electron chi connectivity index (χ1n) is 9.77. The van der Waals surface area contributed by atoms with Crippen molar-refractivity contribution >= 4 is 11.4 Å². The van der Waals surface area contributed by atoms with E-state index in [1.165, 1.54) is 0 Å². The van der Waals surface area contributed by atoms with Crippen LogP contribution in [0.3, 0.4) is 0 Å². The molecular formula is C23H28N2O3. The molecule has 0 radical (unpaired) electrons. The number of aliphatic hydroxyl groups excluding tert-OH is 1. The Morgan fingerprint density at radius 3 is 2.07 bits per heavy atom. The molecule has 0 saturated heterocycles. The summed E-state index contributed by atoms with van der Waals surface area (Å²) in [5, 5.41) is 19.6. The number of nitrogens with one attached hydrogen (secondary N) is 1. The first-order valence-corrected chi connectivity index (χ1v) is 9.77. The molecule has 0 bridgehead atoms. The second kappa shape index (κ2) is 8.83. The van der Waals surface area contributed by atoms with Crippen LogP contribution in [0.25, 0.3) is 5.57 Å². The molecule has 3 rings (SSSR count). The summed E-state index contributed by atoms with van der Waals surface area (Å²) in [5.74, 6) is 1.82. The molecule has 148 valence electrons.